The van der Waals surface area contributed by atoms with Crippen LogP contribution in [0.4, 0.5) is 0 Å². The zero-order valence-corrected chi connectivity index (χ0v) is 11.3. The molecule has 0 spiro atoms. The molecule has 0 aliphatic heterocycles. The van der Waals surface area contributed by atoms with E-state index in [4.69, 9.17) is 19.6 Å². The minimum atomic E-state index is 0.421. The van der Waals surface area contributed by atoms with Crippen LogP contribution >= 0.6 is 0 Å². The summed E-state index contributed by atoms with van der Waals surface area (Å²) < 4.78 is 16.3. The van der Waals surface area contributed by atoms with Crippen molar-refractivity contribution in [3.63, 3.8) is 0 Å². The molecule has 2 rings (SSSR count). The summed E-state index contributed by atoms with van der Waals surface area (Å²) in [5.41, 5.74) is 7.74. The van der Waals surface area contributed by atoms with Crippen molar-refractivity contribution < 1.29 is 13.9 Å². The van der Waals surface area contributed by atoms with E-state index >= 15 is 0 Å². The number of nitrogens with two attached hydrogens (primary N) is 1. The van der Waals surface area contributed by atoms with Crippen LogP contribution in [0, 0.1) is 6.92 Å². The highest BCUT2D eigenvalue weighted by atomic mass is 16.5. The molecule has 1 aromatic heterocycles. The number of furan rings is 1. The van der Waals surface area contributed by atoms with Crippen molar-refractivity contribution in [2.24, 2.45) is 5.73 Å². The normalized spacial score (nSPS) is 10.7. The van der Waals surface area contributed by atoms with Crippen molar-refractivity contribution in [2.75, 3.05) is 7.11 Å². The second-order valence-electron chi connectivity index (χ2n) is 4.36. The topological polar surface area (TPSA) is 57.6 Å². The highest BCUT2D eigenvalue weighted by Gasteiger charge is 2.06. The Morgan fingerprint density at radius 1 is 1.16 bits per heavy atom. The predicted octanol–water partition coefficient (Wildman–Crippen LogP) is 2.77. The fourth-order valence-corrected chi connectivity index (χ4v) is 1.86. The molecule has 4 heteroatoms. The van der Waals surface area contributed by atoms with Crippen LogP contribution in [0.5, 0.6) is 5.75 Å². The van der Waals surface area contributed by atoms with Crippen LogP contribution in [0.1, 0.15) is 22.6 Å². The maximum atomic E-state index is 5.62. The Labute approximate surface area is 113 Å². The molecule has 0 fully saturated rings. The molecule has 1 aromatic carbocycles. The summed E-state index contributed by atoms with van der Waals surface area (Å²) in [7, 11) is 1.65. The Balaban J connectivity index is 1.85. The summed E-state index contributed by atoms with van der Waals surface area (Å²) in [5.74, 6) is 2.48. The van der Waals surface area contributed by atoms with Gasteiger partial charge in [0.2, 0.25) is 0 Å². The predicted molar refractivity (Wildman–Crippen MR) is 72.8 cm³/mol. The fraction of sp³-hybridized carbons (Fsp3) is 0.333. The van der Waals surface area contributed by atoms with Gasteiger partial charge in [0.1, 0.15) is 23.9 Å². The van der Waals surface area contributed by atoms with E-state index in [-0.39, 0.29) is 0 Å². The van der Waals surface area contributed by atoms with Gasteiger partial charge in [-0.2, -0.15) is 0 Å². The van der Waals surface area contributed by atoms with Gasteiger partial charge in [-0.05, 0) is 36.2 Å². The minimum absolute atomic E-state index is 0.421. The SMILES string of the molecule is COc1ccc(COCc2cc(C)c(CN)o2)cc1. The molecule has 2 N–H and O–H groups in total. The van der Waals surface area contributed by atoms with E-state index in [9.17, 15) is 0 Å². The van der Waals surface area contributed by atoms with Gasteiger partial charge >= 0.3 is 0 Å². The summed E-state index contributed by atoms with van der Waals surface area (Å²) in [4.78, 5) is 0. The number of aryl methyl sites for hydroxylation is 1. The lowest BCUT2D eigenvalue weighted by molar-refractivity contribution is 0.0921. The van der Waals surface area contributed by atoms with E-state index in [1.54, 1.807) is 7.11 Å². The molecule has 1 heterocycles. The average Bonchev–Trinajstić information content (AvgIpc) is 2.80. The number of methoxy groups -OCH3 is 1. The highest BCUT2D eigenvalue weighted by Crippen LogP contribution is 2.16. The molecular weight excluding hydrogens is 242 g/mol. The van der Waals surface area contributed by atoms with Crippen molar-refractivity contribution in [2.45, 2.75) is 26.7 Å². The maximum absolute atomic E-state index is 5.62. The number of ether oxygens (including phenoxy) is 2. The second kappa shape index (κ2) is 6.41. The molecule has 0 unspecified atom stereocenters. The van der Waals surface area contributed by atoms with Crippen LogP contribution < -0.4 is 10.5 Å². The molecule has 0 amide bonds. The second-order valence-corrected chi connectivity index (χ2v) is 4.36. The third-order valence-electron chi connectivity index (χ3n) is 2.93. The van der Waals surface area contributed by atoms with Crippen molar-refractivity contribution in [3.8, 4) is 5.75 Å². The van der Waals surface area contributed by atoms with E-state index in [0.717, 1.165) is 28.4 Å². The summed E-state index contributed by atoms with van der Waals surface area (Å²) in [5, 5.41) is 0. The summed E-state index contributed by atoms with van der Waals surface area (Å²) >= 11 is 0. The third kappa shape index (κ3) is 3.59. The molecule has 102 valence electrons. The van der Waals surface area contributed by atoms with Crippen molar-refractivity contribution in [3.05, 3.63) is 53.0 Å². The largest absolute Gasteiger partial charge is 0.497 e. The molecule has 2 aromatic rings. The Morgan fingerprint density at radius 3 is 2.47 bits per heavy atom. The van der Waals surface area contributed by atoms with Gasteiger partial charge in [-0.1, -0.05) is 12.1 Å². The minimum Gasteiger partial charge on any atom is -0.497 e. The summed E-state index contributed by atoms with van der Waals surface area (Å²) in [6.07, 6.45) is 0. The molecule has 0 saturated heterocycles. The van der Waals surface area contributed by atoms with Crippen LogP contribution in [0.2, 0.25) is 0 Å². The molecule has 0 atom stereocenters. The fourth-order valence-electron chi connectivity index (χ4n) is 1.86. The van der Waals surface area contributed by atoms with E-state index in [2.05, 4.69) is 0 Å². The first-order chi connectivity index (χ1) is 9.22. The van der Waals surface area contributed by atoms with Crippen molar-refractivity contribution in [1.29, 1.82) is 0 Å². The lowest BCUT2D eigenvalue weighted by Gasteiger charge is -2.04. The molecule has 4 nitrogen and oxygen atoms in total. The zero-order chi connectivity index (χ0) is 13.7. The van der Waals surface area contributed by atoms with E-state index in [1.165, 1.54) is 0 Å². The Bertz CT molecular complexity index is 517. The number of hydrogen-bond donors (Lipinski definition) is 1. The molecular formula is C15H19NO3. The Kier molecular flexibility index (Phi) is 4.60. The average molecular weight is 261 g/mol. The zero-order valence-electron chi connectivity index (χ0n) is 11.3. The van der Waals surface area contributed by atoms with Gasteiger partial charge in [0.05, 0.1) is 20.3 Å². The quantitative estimate of drug-likeness (QED) is 0.868. The van der Waals surface area contributed by atoms with E-state index in [0.29, 0.717) is 19.8 Å². The molecule has 0 bridgehead atoms. The van der Waals surface area contributed by atoms with Crippen LogP contribution in [0.3, 0.4) is 0 Å². The Hall–Kier alpha value is -1.78. The number of benzene rings is 1. The van der Waals surface area contributed by atoms with Crippen LogP contribution in [-0.4, -0.2) is 7.11 Å². The van der Waals surface area contributed by atoms with Gasteiger partial charge in [0, 0.05) is 0 Å². The van der Waals surface area contributed by atoms with Crippen molar-refractivity contribution >= 4 is 0 Å². The van der Waals surface area contributed by atoms with Gasteiger partial charge in [0.25, 0.3) is 0 Å². The van der Waals surface area contributed by atoms with Crippen LogP contribution in [-0.2, 0) is 24.5 Å². The number of rotatable bonds is 6. The lowest BCUT2D eigenvalue weighted by Crippen LogP contribution is -1.95. The third-order valence-corrected chi connectivity index (χ3v) is 2.93. The lowest BCUT2D eigenvalue weighted by atomic mass is 10.2. The van der Waals surface area contributed by atoms with Crippen LogP contribution in [0.25, 0.3) is 0 Å². The highest BCUT2D eigenvalue weighted by molar-refractivity contribution is 5.26. The first-order valence-electron chi connectivity index (χ1n) is 6.22. The van der Waals surface area contributed by atoms with E-state index in [1.807, 2.05) is 37.3 Å². The smallest absolute Gasteiger partial charge is 0.130 e. The first-order valence-corrected chi connectivity index (χ1v) is 6.22. The van der Waals surface area contributed by atoms with Gasteiger partial charge in [-0.25, -0.2) is 0 Å². The monoisotopic (exact) mass is 261 g/mol. The number of hydrogen-bond acceptors (Lipinski definition) is 4. The molecule has 19 heavy (non-hydrogen) atoms. The molecule has 0 aliphatic carbocycles. The van der Waals surface area contributed by atoms with E-state index < -0.39 is 0 Å². The first kappa shape index (κ1) is 13.6. The van der Waals surface area contributed by atoms with Gasteiger partial charge in [-0.3, -0.25) is 0 Å². The maximum Gasteiger partial charge on any atom is 0.130 e. The summed E-state index contributed by atoms with van der Waals surface area (Å²) in [6, 6.07) is 9.77. The standard InChI is InChI=1S/C15H19NO3/c1-11-7-14(19-15(11)8-16)10-18-9-12-3-5-13(17-2)6-4-12/h3-7H,8-10,16H2,1-2H3. The molecule has 0 saturated carbocycles. The van der Waals surface area contributed by atoms with Gasteiger partial charge < -0.3 is 19.6 Å². The van der Waals surface area contributed by atoms with Gasteiger partial charge in [0.15, 0.2) is 0 Å². The van der Waals surface area contributed by atoms with Gasteiger partial charge in [-0.15, -0.1) is 0 Å². The summed E-state index contributed by atoms with van der Waals surface area (Å²) in [6.45, 7) is 3.40. The molecule has 0 aliphatic rings. The van der Waals surface area contributed by atoms with Crippen molar-refractivity contribution in [1.82, 2.24) is 0 Å². The van der Waals surface area contributed by atoms with Crippen LogP contribution in [0.15, 0.2) is 34.7 Å². The molecule has 0 radical (unpaired) electrons. The Morgan fingerprint density at radius 2 is 1.89 bits per heavy atom.